The molecule has 4 aromatic rings. The van der Waals surface area contributed by atoms with Crippen molar-refractivity contribution >= 4 is 5.78 Å². The highest BCUT2D eigenvalue weighted by molar-refractivity contribution is 6.10. The summed E-state index contributed by atoms with van der Waals surface area (Å²) >= 11 is 0. The number of phenolic OH excluding ortho intramolecular Hbond substituents is 1. The Balaban J connectivity index is 1.87. The average molecular weight is 426 g/mol. The van der Waals surface area contributed by atoms with Gasteiger partial charge in [0.15, 0.2) is 11.5 Å². The minimum Gasteiger partial charge on any atom is -0.507 e. The SMILES string of the molecule is N#Cc1cc(C(=O)c2cc(F)ccc2O)cn(-c2ccccc2Oc2ccccc2)c1=O. The van der Waals surface area contributed by atoms with Crippen molar-refractivity contribution in [3.63, 3.8) is 0 Å². The third-order valence-electron chi connectivity index (χ3n) is 4.70. The summed E-state index contributed by atoms with van der Waals surface area (Å²) in [4.78, 5) is 25.9. The Bertz CT molecular complexity index is 1420. The second kappa shape index (κ2) is 8.58. The number of hydrogen-bond acceptors (Lipinski definition) is 5. The molecular formula is C25H15FN2O4. The van der Waals surface area contributed by atoms with E-state index in [9.17, 15) is 24.3 Å². The Kier molecular flexibility index (Phi) is 5.51. The second-order valence-electron chi connectivity index (χ2n) is 6.80. The van der Waals surface area contributed by atoms with Gasteiger partial charge in [-0.05, 0) is 48.5 Å². The number of ketones is 1. The number of aromatic hydroxyl groups is 1. The first-order valence-electron chi connectivity index (χ1n) is 9.50. The Hall–Kier alpha value is -4.70. The fourth-order valence-corrected chi connectivity index (χ4v) is 3.17. The molecule has 0 atom stereocenters. The lowest BCUT2D eigenvalue weighted by atomic mass is 10.0. The zero-order chi connectivity index (χ0) is 22.7. The molecule has 0 spiro atoms. The van der Waals surface area contributed by atoms with E-state index in [2.05, 4.69) is 0 Å². The van der Waals surface area contributed by atoms with Gasteiger partial charge in [0.05, 0.1) is 11.3 Å². The van der Waals surface area contributed by atoms with Crippen molar-refractivity contribution in [2.75, 3.05) is 0 Å². The van der Waals surface area contributed by atoms with Gasteiger partial charge in [-0.2, -0.15) is 5.26 Å². The smallest absolute Gasteiger partial charge is 0.273 e. The van der Waals surface area contributed by atoms with Crippen LogP contribution in [-0.2, 0) is 0 Å². The summed E-state index contributed by atoms with van der Waals surface area (Å²) < 4.78 is 20.7. The van der Waals surface area contributed by atoms with Crippen LogP contribution in [0.3, 0.4) is 0 Å². The fourth-order valence-electron chi connectivity index (χ4n) is 3.17. The molecule has 0 bridgehead atoms. The van der Waals surface area contributed by atoms with Crippen LogP contribution in [0.25, 0.3) is 5.69 Å². The molecule has 0 saturated carbocycles. The first kappa shape index (κ1) is 20.6. The summed E-state index contributed by atoms with van der Waals surface area (Å²) in [5.74, 6) is -1.01. The standard InChI is InChI=1S/C25H15FN2O4/c26-18-10-11-22(29)20(13-18)24(30)17-12-16(14-27)25(31)28(15-17)21-8-4-5-9-23(21)32-19-6-2-1-3-7-19/h1-13,15,29H. The molecule has 1 heterocycles. The fraction of sp³-hybridized carbons (Fsp3) is 0. The van der Waals surface area contributed by atoms with Crippen molar-refractivity contribution in [1.29, 1.82) is 5.26 Å². The van der Waals surface area contributed by atoms with Crippen LogP contribution < -0.4 is 10.3 Å². The molecule has 0 aliphatic carbocycles. The van der Waals surface area contributed by atoms with Crippen LogP contribution >= 0.6 is 0 Å². The number of phenols is 1. The molecule has 0 unspecified atom stereocenters. The zero-order valence-electron chi connectivity index (χ0n) is 16.5. The molecule has 7 heteroatoms. The highest BCUT2D eigenvalue weighted by Crippen LogP contribution is 2.28. The van der Waals surface area contributed by atoms with Gasteiger partial charge in [0.1, 0.15) is 28.9 Å². The summed E-state index contributed by atoms with van der Waals surface area (Å²) in [6.45, 7) is 0. The van der Waals surface area contributed by atoms with Crippen LogP contribution in [0.5, 0.6) is 17.2 Å². The lowest BCUT2D eigenvalue weighted by Crippen LogP contribution is -2.23. The third-order valence-corrected chi connectivity index (χ3v) is 4.70. The third kappa shape index (κ3) is 3.98. The Labute approximate surface area is 182 Å². The molecule has 0 amide bonds. The normalized spacial score (nSPS) is 10.4. The van der Waals surface area contributed by atoms with Crippen molar-refractivity contribution in [3.8, 4) is 29.0 Å². The van der Waals surface area contributed by atoms with E-state index in [1.807, 2.05) is 6.07 Å². The van der Waals surface area contributed by atoms with Gasteiger partial charge in [0.2, 0.25) is 0 Å². The van der Waals surface area contributed by atoms with E-state index < -0.39 is 22.9 Å². The number of para-hydroxylation sites is 3. The van der Waals surface area contributed by atoms with E-state index in [0.29, 0.717) is 17.2 Å². The van der Waals surface area contributed by atoms with Crippen molar-refractivity contribution in [2.45, 2.75) is 0 Å². The molecule has 0 saturated heterocycles. The topological polar surface area (TPSA) is 92.3 Å². The van der Waals surface area contributed by atoms with Crippen LogP contribution in [0.4, 0.5) is 4.39 Å². The van der Waals surface area contributed by atoms with Gasteiger partial charge in [-0.3, -0.25) is 14.2 Å². The van der Waals surface area contributed by atoms with Gasteiger partial charge in [0, 0.05) is 11.8 Å². The van der Waals surface area contributed by atoms with Crippen molar-refractivity contribution in [2.24, 2.45) is 0 Å². The van der Waals surface area contributed by atoms with Crippen molar-refractivity contribution < 1.29 is 19.0 Å². The number of nitriles is 1. The Morgan fingerprint density at radius 1 is 1.00 bits per heavy atom. The molecule has 4 rings (SSSR count). The predicted octanol–water partition coefficient (Wildman–Crippen LogP) is 4.58. The largest absolute Gasteiger partial charge is 0.507 e. The van der Waals surface area contributed by atoms with Crippen LogP contribution in [0, 0.1) is 17.1 Å². The number of pyridine rings is 1. The quantitative estimate of drug-likeness (QED) is 0.472. The number of carbonyl (C=O) groups excluding carboxylic acids is 1. The van der Waals surface area contributed by atoms with E-state index in [1.54, 1.807) is 54.6 Å². The molecule has 1 aromatic heterocycles. The number of carbonyl (C=O) groups is 1. The van der Waals surface area contributed by atoms with Crippen LogP contribution in [-0.4, -0.2) is 15.5 Å². The van der Waals surface area contributed by atoms with Gasteiger partial charge >= 0.3 is 0 Å². The minimum absolute atomic E-state index is 0.0726. The maximum absolute atomic E-state index is 13.6. The average Bonchev–Trinajstić information content (AvgIpc) is 2.81. The minimum atomic E-state index is -0.742. The molecule has 6 nitrogen and oxygen atoms in total. The van der Waals surface area contributed by atoms with Gasteiger partial charge in [-0.1, -0.05) is 30.3 Å². The predicted molar refractivity (Wildman–Crippen MR) is 115 cm³/mol. The van der Waals surface area contributed by atoms with Gasteiger partial charge in [0.25, 0.3) is 5.56 Å². The summed E-state index contributed by atoms with van der Waals surface area (Å²) in [7, 11) is 0. The lowest BCUT2D eigenvalue weighted by Gasteiger charge is -2.14. The summed E-state index contributed by atoms with van der Waals surface area (Å²) in [5.41, 5.74) is -1.00. The van der Waals surface area contributed by atoms with E-state index in [1.165, 1.54) is 6.20 Å². The number of rotatable bonds is 5. The van der Waals surface area contributed by atoms with Gasteiger partial charge in [-0.15, -0.1) is 0 Å². The molecular weight excluding hydrogens is 411 g/mol. The molecule has 0 fully saturated rings. The molecule has 3 aromatic carbocycles. The number of hydrogen-bond donors (Lipinski definition) is 1. The lowest BCUT2D eigenvalue weighted by molar-refractivity contribution is 0.103. The van der Waals surface area contributed by atoms with Crippen LogP contribution in [0.2, 0.25) is 0 Å². The maximum atomic E-state index is 13.6. The number of nitrogens with zero attached hydrogens (tertiary/aromatic N) is 2. The molecule has 0 aliphatic heterocycles. The van der Waals surface area contributed by atoms with Crippen LogP contribution in [0.1, 0.15) is 21.5 Å². The Morgan fingerprint density at radius 2 is 1.72 bits per heavy atom. The zero-order valence-corrected chi connectivity index (χ0v) is 16.5. The van der Waals surface area contributed by atoms with E-state index >= 15 is 0 Å². The van der Waals surface area contributed by atoms with Gasteiger partial charge in [-0.25, -0.2) is 4.39 Å². The van der Waals surface area contributed by atoms with E-state index in [0.717, 1.165) is 28.8 Å². The number of ether oxygens (including phenoxy) is 1. The monoisotopic (exact) mass is 426 g/mol. The highest BCUT2D eigenvalue weighted by Gasteiger charge is 2.19. The molecule has 1 N–H and O–H groups in total. The molecule has 32 heavy (non-hydrogen) atoms. The molecule has 156 valence electrons. The Morgan fingerprint density at radius 3 is 2.47 bits per heavy atom. The summed E-state index contributed by atoms with van der Waals surface area (Å²) in [6.07, 6.45) is 1.24. The number of aromatic nitrogens is 1. The van der Waals surface area contributed by atoms with Crippen molar-refractivity contribution in [1.82, 2.24) is 4.57 Å². The second-order valence-corrected chi connectivity index (χ2v) is 6.80. The first-order chi connectivity index (χ1) is 15.5. The molecule has 0 radical (unpaired) electrons. The summed E-state index contributed by atoms with van der Waals surface area (Å²) in [6, 6.07) is 21.4. The number of benzene rings is 3. The van der Waals surface area contributed by atoms with Crippen LogP contribution in [0.15, 0.2) is 89.9 Å². The first-order valence-corrected chi connectivity index (χ1v) is 9.50. The van der Waals surface area contributed by atoms with Gasteiger partial charge < -0.3 is 9.84 Å². The van der Waals surface area contributed by atoms with E-state index in [-0.39, 0.29) is 16.7 Å². The van der Waals surface area contributed by atoms with Crippen molar-refractivity contribution in [3.05, 3.63) is 118 Å². The van der Waals surface area contributed by atoms with E-state index in [4.69, 9.17) is 4.74 Å². The number of halogens is 1. The summed E-state index contributed by atoms with van der Waals surface area (Å²) in [5, 5.41) is 19.5. The maximum Gasteiger partial charge on any atom is 0.273 e. The highest BCUT2D eigenvalue weighted by atomic mass is 19.1. The molecule has 0 aliphatic rings.